The van der Waals surface area contributed by atoms with Crippen LogP contribution in [-0.2, 0) is 4.74 Å². The Labute approximate surface area is 218 Å². The van der Waals surface area contributed by atoms with E-state index >= 15 is 0 Å². The highest BCUT2D eigenvalue weighted by molar-refractivity contribution is 6.02. The van der Waals surface area contributed by atoms with Crippen molar-refractivity contribution in [1.82, 2.24) is 0 Å². The number of aliphatic hydroxyl groups is 6. The van der Waals surface area contributed by atoms with Gasteiger partial charge < -0.3 is 54.7 Å². The van der Waals surface area contributed by atoms with Gasteiger partial charge in [-0.25, -0.2) is 0 Å². The second-order valence-corrected chi connectivity index (χ2v) is 8.53. The van der Waals surface area contributed by atoms with E-state index in [1.165, 1.54) is 50.6 Å². The summed E-state index contributed by atoms with van der Waals surface area (Å²) in [6.07, 6.45) is -4.93. The predicted octanol–water partition coefficient (Wildman–Crippen LogP) is -0.448. The highest BCUT2D eigenvalue weighted by Gasteiger charge is 2.45. The molecule has 3 rings (SSSR count). The molecule has 7 N–H and O–H groups in total. The van der Waals surface area contributed by atoms with E-state index in [4.69, 9.17) is 18.9 Å². The van der Waals surface area contributed by atoms with Crippen LogP contribution >= 0.6 is 0 Å². The molecular formula is C26H32O12. The molecule has 0 aromatic heterocycles. The third kappa shape index (κ3) is 6.08. The van der Waals surface area contributed by atoms with Gasteiger partial charge in [-0.3, -0.25) is 4.79 Å². The number of ether oxygens (including phenoxy) is 4. The van der Waals surface area contributed by atoms with E-state index in [-0.39, 0.29) is 40.7 Å². The van der Waals surface area contributed by atoms with Gasteiger partial charge in [0.1, 0.15) is 24.4 Å². The Kier molecular flexibility index (Phi) is 10.1. The highest BCUT2D eigenvalue weighted by Crippen LogP contribution is 2.41. The number of aliphatic hydroxyl groups excluding tert-OH is 6. The summed E-state index contributed by atoms with van der Waals surface area (Å²) >= 11 is 0. The van der Waals surface area contributed by atoms with Crippen LogP contribution in [0.2, 0.25) is 0 Å². The quantitative estimate of drug-likeness (QED) is 0.183. The zero-order valence-electron chi connectivity index (χ0n) is 20.8. The SMILES string of the molecule is COc1cc(C(=O)C(CO)c2cc(/C=C/CO)cc(OC)c2O[C@@H]2O[C@H](CO)[C@@H](O)[C@H](O)[C@H]2O)ccc1O. The summed E-state index contributed by atoms with van der Waals surface area (Å²) < 4.78 is 21.9. The highest BCUT2D eigenvalue weighted by atomic mass is 16.7. The van der Waals surface area contributed by atoms with Crippen molar-refractivity contribution >= 4 is 11.9 Å². The van der Waals surface area contributed by atoms with Gasteiger partial charge in [0.2, 0.25) is 6.29 Å². The van der Waals surface area contributed by atoms with Crippen molar-refractivity contribution in [3.05, 3.63) is 53.1 Å². The van der Waals surface area contributed by atoms with Gasteiger partial charge in [0.15, 0.2) is 28.8 Å². The molecule has 0 amide bonds. The summed E-state index contributed by atoms with van der Waals surface area (Å²) in [6, 6.07) is 6.95. The minimum absolute atomic E-state index is 0.0440. The monoisotopic (exact) mass is 536 g/mol. The lowest BCUT2D eigenvalue weighted by molar-refractivity contribution is -0.277. The average Bonchev–Trinajstić information content (AvgIpc) is 2.93. The van der Waals surface area contributed by atoms with Gasteiger partial charge in [0.05, 0.1) is 40.0 Å². The Balaban J connectivity index is 2.12. The lowest BCUT2D eigenvalue weighted by atomic mass is 9.89. The number of ketones is 1. The minimum atomic E-state index is -1.75. The van der Waals surface area contributed by atoms with Crippen LogP contribution in [0.4, 0.5) is 0 Å². The molecule has 0 aliphatic carbocycles. The molecule has 0 radical (unpaired) electrons. The molecule has 12 nitrogen and oxygen atoms in total. The number of methoxy groups -OCH3 is 2. The molecule has 12 heteroatoms. The van der Waals surface area contributed by atoms with Crippen LogP contribution in [0.5, 0.6) is 23.0 Å². The maximum Gasteiger partial charge on any atom is 0.229 e. The van der Waals surface area contributed by atoms with Gasteiger partial charge in [-0.1, -0.05) is 12.2 Å². The molecule has 38 heavy (non-hydrogen) atoms. The van der Waals surface area contributed by atoms with E-state index in [0.717, 1.165) is 0 Å². The molecule has 1 aliphatic heterocycles. The predicted molar refractivity (Wildman–Crippen MR) is 132 cm³/mol. The molecule has 208 valence electrons. The molecule has 1 fully saturated rings. The summed E-state index contributed by atoms with van der Waals surface area (Å²) in [5.74, 6) is -2.02. The van der Waals surface area contributed by atoms with Gasteiger partial charge in [0.25, 0.3) is 0 Å². The maximum atomic E-state index is 13.5. The van der Waals surface area contributed by atoms with Crippen molar-refractivity contribution in [2.45, 2.75) is 36.6 Å². The van der Waals surface area contributed by atoms with E-state index < -0.39 is 55.6 Å². The summed E-state index contributed by atoms with van der Waals surface area (Å²) in [4.78, 5) is 13.5. The number of aromatic hydroxyl groups is 1. The largest absolute Gasteiger partial charge is 0.504 e. The van der Waals surface area contributed by atoms with Crippen molar-refractivity contribution in [3.63, 3.8) is 0 Å². The van der Waals surface area contributed by atoms with E-state index in [0.29, 0.717) is 5.56 Å². The van der Waals surface area contributed by atoms with Gasteiger partial charge in [-0.2, -0.15) is 0 Å². The van der Waals surface area contributed by atoms with Crippen LogP contribution in [0.15, 0.2) is 36.4 Å². The number of hydrogen-bond donors (Lipinski definition) is 7. The second-order valence-electron chi connectivity index (χ2n) is 8.53. The van der Waals surface area contributed by atoms with E-state index in [2.05, 4.69) is 0 Å². The fourth-order valence-corrected chi connectivity index (χ4v) is 4.10. The lowest BCUT2D eigenvalue weighted by Crippen LogP contribution is -2.60. The third-order valence-corrected chi connectivity index (χ3v) is 6.16. The Hall–Kier alpha value is -3.23. The first-order valence-corrected chi connectivity index (χ1v) is 11.7. The van der Waals surface area contributed by atoms with Crippen LogP contribution in [0, 0.1) is 0 Å². The zero-order valence-corrected chi connectivity index (χ0v) is 20.8. The number of carbonyl (C=O) groups excluding carboxylic acids is 1. The van der Waals surface area contributed by atoms with Crippen LogP contribution in [0.25, 0.3) is 6.08 Å². The second kappa shape index (κ2) is 13.0. The zero-order chi connectivity index (χ0) is 28.0. The van der Waals surface area contributed by atoms with Crippen molar-refractivity contribution in [1.29, 1.82) is 0 Å². The van der Waals surface area contributed by atoms with Gasteiger partial charge in [-0.05, 0) is 35.9 Å². The van der Waals surface area contributed by atoms with E-state index in [9.17, 15) is 40.5 Å². The number of Topliss-reactive ketones (excluding diaryl/α,β-unsaturated/α-hetero) is 1. The average molecular weight is 537 g/mol. The van der Waals surface area contributed by atoms with Crippen molar-refractivity contribution in [2.75, 3.05) is 34.0 Å². The molecule has 0 spiro atoms. The van der Waals surface area contributed by atoms with Gasteiger partial charge in [-0.15, -0.1) is 0 Å². The number of hydrogen-bond acceptors (Lipinski definition) is 12. The van der Waals surface area contributed by atoms with E-state index in [1.807, 2.05) is 0 Å². The molecule has 1 unspecified atom stereocenters. The third-order valence-electron chi connectivity index (χ3n) is 6.16. The number of phenolic OH excluding ortho intramolecular Hbond substituents is 1. The molecule has 6 atom stereocenters. The summed E-state index contributed by atoms with van der Waals surface area (Å²) in [5, 5.41) is 69.7. The van der Waals surface area contributed by atoms with Gasteiger partial charge in [0, 0.05) is 11.1 Å². The van der Waals surface area contributed by atoms with Crippen molar-refractivity contribution < 1.29 is 59.5 Å². The normalized spacial score (nSPS) is 24.3. The number of benzene rings is 2. The molecular weight excluding hydrogens is 504 g/mol. The molecule has 1 aliphatic rings. The molecule has 1 heterocycles. The van der Waals surface area contributed by atoms with Crippen LogP contribution in [0.1, 0.15) is 27.4 Å². The molecule has 0 saturated carbocycles. The Morgan fingerprint density at radius 1 is 1.00 bits per heavy atom. The standard InChI is InChI=1S/C26H32O12/c1-35-18-10-14(5-6-17(18)30)21(31)16(11-28)15-8-13(4-3-7-27)9-19(36-2)25(15)38-26-24(34)23(33)22(32)20(12-29)37-26/h3-6,8-10,16,20,22-24,26-30,32-34H,7,11-12H2,1-2H3/b4-3+/t16?,20-,22-,23+,24-,26+/m1/s1. The molecule has 2 aromatic carbocycles. The van der Waals surface area contributed by atoms with Crippen LogP contribution in [0.3, 0.4) is 0 Å². The number of rotatable bonds is 11. The molecule has 1 saturated heterocycles. The first-order valence-electron chi connectivity index (χ1n) is 11.7. The van der Waals surface area contributed by atoms with Crippen molar-refractivity contribution in [2.24, 2.45) is 0 Å². The van der Waals surface area contributed by atoms with Crippen LogP contribution in [-0.4, -0.2) is 106 Å². The summed E-state index contributed by atoms with van der Waals surface area (Å²) in [5.41, 5.74) is 0.688. The molecule has 2 aromatic rings. The number of carbonyl (C=O) groups is 1. The van der Waals surface area contributed by atoms with E-state index in [1.54, 1.807) is 6.08 Å². The van der Waals surface area contributed by atoms with Crippen molar-refractivity contribution in [3.8, 4) is 23.0 Å². The Morgan fingerprint density at radius 3 is 2.32 bits per heavy atom. The fraction of sp³-hybridized carbons (Fsp3) is 0.423. The fourth-order valence-electron chi connectivity index (χ4n) is 4.10. The number of phenols is 1. The Morgan fingerprint density at radius 2 is 1.71 bits per heavy atom. The molecule has 0 bridgehead atoms. The minimum Gasteiger partial charge on any atom is -0.504 e. The Bertz CT molecular complexity index is 1130. The lowest BCUT2D eigenvalue weighted by Gasteiger charge is -2.40. The van der Waals surface area contributed by atoms with Crippen LogP contribution < -0.4 is 14.2 Å². The maximum absolute atomic E-state index is 13.5. The summed E-state index contributed by atoms with van der Waals surface area (Å²) in [6.45, 7) is -1.64. The first-order chi connectivity index (χ1) is 18.2. The first kappa shape index (κ1) is 29.3. The topological polar surface area (TPSA) is 196 Å². The smallest absolute Gasteiger partial charge is 0.229 e. The van der Waals surface area contributed by atoms with Gasteiger partial charge >= 0.3 is 0 Å². The summed E-state index contributed by atoms with van der Waals surface area (Å²) in [7, 11) is 2.64.